The summed E-state index contributed by atoms with van der Waals surface area (Å²) in [6.45, 7) is 3.77. The van der Waals surface area contributed by atoms with Crippen molar-refractivity contribution in [1.82, 2.24) is 25.1 Å². The number of halogens is 1. The number of tetrazole rings is 1. The highest BCUT2D eigenvalue weighted by atomic mass is 19.1. The van der Waals surface area contributed by atoms with Crippen molar-refractivity contribution in [2.45, 2.75) is 6.92 Å². The lowest BCUT2D eigenvalue weighted by Gasteiger charge is -2.27. The van der Waals surface area contributed by atoms with Crippen molar-refractivity contribution in [1.29, 1.82) is 0 Å². The Hall–Kier alpha value is -2.55. The van der Waals surface area contributed by atoms with E-state index in [0.29, 0.717) is 37.8 Å². The van der Waals surface area contributed by atoms with E-state index in [9.17, 15) is 9.18 Å². The van der Waals surface area contributed by atoms with Crippen LogP contribution in [-0.4, -0.2) is 57.4 Å². The van der Waals surface area contributed by atoms with Crippen LogP contribution in [-0.2, 0) is 4.74 Å². The Balaban J connectivity index is 1.80. The Kier molecular flexibility index (Phi) is 3.96. The van der Waals surface area contributed by atoms with Gasteiger partial charge in [-0.3, -0.25) is 0 Å². The summed E-state index contributed by atoms with van der Waals surface area (Å²) in [4.78, 5) is 13.8. The molecule has 1 aromatic heterocycles. The van der Waals surface area contributed by atoms with Gasteiger partial charge in [-0.15, -0.1) is 5.10 Å². The number of aryl methyl sites for hydroxylation is 1. The number of amides is 2. The third-order valence-corrected chi connectivity index (χ3v) is 3.35. The van der Waals surface area contributed by atoms with Crippen LogP contribution in [0.5, 0.6) is 0 Å². The topological polar surface area (TPSA) is 85.2 Å². The number of morpholine rings is 1. The van der Waals surface area contributed by atoms with E-state index < -0.39 is 5.82 Å². The van der Waals surface area contributed by atoms with Crippen LogP contribution in [0.3, 0.4) is 0 Å². The second kappa shape index (κ2) is 6.06. The van der Waals surface area contributed by atoms with E-state index in [4.69, 9.17) is 4.74 Å². The van der Waals surface area contributed by atoms with Crippen molar-refractivity contribution in [3.8, 4) is 5.69 Å². The second-order valence-electron chi connectivity index (χ2n) is 4.83. The Labute approximate surface area is 125 Å². The van der Waals surface area contributed by atoms with Crippen molar-refractivity contribution < 1.29 is 13.9 Å². The zero-order chi connectivity index (χ0) is 15.5. The first-order chi connectivity index (χ1) is 10.6. The lowest BCUT2D eigenvalue weighted by molar-refractivity contribution is 0.0564. The lowest BCUT2D eigenvalue weighted by atomic mass is 10.2. The molecule has 2 amide bonds. The molecular weight excluding hydrogens is 291 g/mol. The van der Waals surface area contributed by atoms with Crippen molar-refractivity contribution >= 4 is 11.7 Å². The van der Waals surface area contributed by atoms with Gasteiger partial charge < -0.3 is 15.0 Å². The van der Waals surface area contributed by atoms with E-state index in [0.717, 1.165) is 0 Å². The zero-order valence-corrected chi connectivity index (χ0v) is 12.0. The van der Waals surface area contributed by atoms with Crippen molar-refractivity contribution in [2.24, 2.45) is 0 Å². The minimum atomic E-state index is -0.472. The van der Waals surface area contributed by atoms with E-state index in [1.807, 2.05) is 0 Å². The first kappa shape index (κ1) is 14.4. The van der Waals surface area contributed by atoms with E-state index in [1.54, 1.807) is 11.8 Å². The van der Waals surface area contributed by atoms with Gasteiger partial charge >= 0.3 is 6.03 Å². The number of nitrogens with zero attached hydrogens (tertiary/aromatic N) is 5. The molecule has 3 rings (SSSR count). The Morgan fingerprint density at radius 2 is 2.14 bits per heavy atom. The van der Waals surface area contributed by atoms with Gasteiger partial charge in [0.2, 0.25) is 0 Å². The average molecular weight is 306 g/mol. The van der Waals surface area contributed by atoms with Gasteiger partial charge in [0.05, 0.1) is 13.2 Å². The maximum absolute atomic E-state index is 13.9. The predicted octanol–water partition coefficient (Wildman–Crippen LogP) is 0.974. The lowest BCUT2D eigenvalue weighted by Crippen LogP contribution is -2.43. The molecule has 0 atom stereocenters. The molecule has 1 aliphatic rings. The highest BCUT2D eigenvalue weighted by molar-refractivity contribution is 5.89. The number of anilines is 1. The number of carbonyl (C=O) groups is 1. The Morgan fingerprint density at radius 1 is 1.36 bits per heavy atom. The van der Waals surface area contributed by atoms with Gasteiger partial charge in [0.25, 0.3) is 0 Å². The van der Waals surface area contributed by atoms with Gasteiger partial charge in [-0.25, -0.2) is 9.18 Å². The van der Waals surface area contributed by atoms with Crippen LogP contribution >= 0.6 is 0 Å². The van der Waals surface area contributed by atoms with Gasteiger partial charge in [-0.05, 0) is 35.5 Å². The van der Waals surface area contributed by atoms with E-state index in [2.05, 4.69) is 20.8 Å². The summed E-state index contributed by atoms with van der Waals surface area (Å²) in [5.41, 5.74) is 0.657. The van der Waals surface area contributed by atoms with Crippen molar-refractivity contribution in [3.63, 3.8) is 0 Å². The largest absolute Gasteiger partial charge is 0.378 e. The number of benzene rings is 1. The predicted molar refractivity (Wildman–Crippen MR) is 75.3 cm³/mol. The van der Waals surface area contributed by atoms with E-state index >= 15 is 0 Å². The number of urea groups is 1. The van der Waals surface area contributed by atoms with Crippen LogP contribution < -0.4 is 5.32 Å². The SMILES string of the molecule is Cc1nnnn1-c1cc(NC(=O)N2CCOCC2)ccc1F. The molecule has 0 radical (unpaired) electrons. The molecule has 1 saturated heterocycles. The van der Waals surface area contributed by atoms with Crippen LogP contribution in [0.15, 0.2) is 18.2 Å². The van der Waals surface area contributed by atoms with Gasteiger partial charge in [-0.1, -0.05) is 0 Å². The first-order valence-electron chi connectivity index (χ1n) is 6.84. The molecule has 1 fully saturated rings. The number of aromatic nitrogens is 4. The molecule has 1 aromatic carbocycles. The number of rotatable bonds is 2. The van der Waals surface area contributed by atoms with E-state index in [1.165, 1.54) is 22.9 Å². The van der Waals surface area contributed by atoms with Gasteiger partial charge in [0.1, 0.15) is 11.5 Å². The fourth-order valence-electron chi connectivity index (χ4n) is 2.18. The number of hydrogen-bond acceptors (Lipinski definition) is 5. The molecule has 0 saturated carbocycles. The number of carbonyl (C=O) groups excluding carboxylic acids is 1. The fourth-order valence-corrected chi connectivity index (χ4v) is 2.18. The van der Waals surface area contributed by atoms with Gasteiger partial charge in [-0.2, -0.15) is 4.68 Å². The molecule has 2 heterocycles. The second-order valence-corrected chi connectivity index (χ2v) is 4.83. The fraction of sp³-hybridized carbons (Fsp3) is 0.385. The molecular formula is C13H15FN6O2. The maximum Gasteiger partial charge on any atom is 0.322 e. The highest BCUT2D eigenvalue weighted by Crippen LogP contribution is 2.19. The molecule has 2 aromatic rings. The van der Waals surface area contributed by atoms with Crippen LogP contribution in [0.1, 0.15) is 5.82 Å². The molecule has 8 nitrogen and oxygen atoms in total. The van der Waals surface area contributed by atoms with Crippen LogP contribution in [0.2, 0.25) is 0 Å². The molecule has 0 spiro atoms. The molecule has 22 heavy (non-hydrogen) atoms. The summed E-state index contributed by atoms with van der Waals surface area (Å²) >= 11 is 0. The molecule has 0 unspecified atom stereocenters. The molecule has 0 aliphatic carbocycles. The van der Waals surface area contributed by atoms with Gasteiger partial charge in [0, 0.05) is 18.8 Å². The molecule has 9 heteroatoms. The van der Waals surface area contributed by atoms with Crippen LogP contribution in [0.4, 0.5) is 14.9 Å². The van der Waals surface area contributed by atoms with Crippen molar-refractivity contribution in [2.75, 3.05) is 31.6 Å². The Bertz CT molecular complexity index is 683. The summed E-state index contributed by atoms with van der Waals surface area (Å²) in [6.07, 6.45) is 0. The van der Waals surface area contributed by atoms with Crippen LogP contribution in [0.25, 0.3) is 5.69 Å². The minimum absolute atomic E-state index is 0.183. The zero-order valence-electron chi connectivity index (χ0n) is 12.0. The summed E-state index contributed by atoms with van der Waals surface area (Å²) in [7, 11) is 0. The minimum Gasteiger partial charge on any atom is -0.378 e. The maximum atomic E-state index is 13.9. The Morgan fingerprint density at radius 3 is 2.82 bits per heavy atom. The summed E-state index contributed by atoms with van der Waals surface area (Å²) < 4.78 is 20.4. The number of nitrogens with one attached hydrogen (secondary N) is 1. The number of ether oxygens (including phenoxy) is 1. The van der Waals surface area contributed by atoms with Gasteiger partial charge in [0.15, 0.2) is 5.82 Å². The van der Waals surface area contributed by atoms with Crippen LogP contribution in [0, 0.1) is 12.7 Å². The summed E-state index contributed by atoms with van der Waals surface area (Å²) in [5, 5.41) is 13.7. The quantitative estimate of drug-likeness (QED) is 0.893. The first-order valence-corrected chi connectivity index (χ1v) is 6.84. The standard InChI is InChI=1S/C13H15FN6O2/c1-9-16-17-18-20(9)12-8-10(2-3-11(12)14)15-13(21)19-4-6-22-7-5-19/h2-3,8H,4-7H2,1H3,(H,15,21). The smallest absolute Gasteiger partial charge is 0.322 e. The molecule has 116 valence electrons. The highest BCUT2D eigenvalue weighted by Gasteiger charge is 2.18. The third-order valence-electron chi connectivity index (χ3n) is 3.35. The third kappa shape index (κ3) is 2.89. The van der Waals surface area contributed by atoms with Crippen molar-refractivity contribution in [3.05, 3.63) is 29.8 Å². The summed E-state index contributed by atoms with van der Waals surface area (Å²) in [5.74, 6) is -0.0182. The number of hydrogen-bond donors (Lipinski definition) is 1. The molecule has 1 N–H and O–H groups in total. The monoisotopic (exact) mass is 306 g/mol. The normalized spacial score (nSPS) is 14.9. The molecule has 0 bridgehead atoms. The average Bonchev–Trinajstić information content (AvgIpc) is 2.96. The van der Waals surface area contributed by atoms with E-state index in [-0.39, 0.29) is 11.7 Å². The summed E-state index contributed by atoms with van der Waals surface area (Å²) in [6, 6.07) is 4.02. The molecule has 1 aliphatic heterocycles.